The second-order valence-corrected chi connectivity index (χ2v) is 9.02. The molecular formula is C26H30FN5O3. The third-order valence-electron chi connectivity index (χ3n) is 5.98. The Morgan fingerprint density at radius 3 is 2.69 bits per heavy atom. The molecule has 0 aliphatic carbocycles. The summed E-state index contributed by atoms with van der Waals surface area (Å²) in [7, 11) is 0. The van der Waals surface area contributed by atoms with Crippen molar-refractivity contribution in [3.63, 3.8) is 0 Å². The van der Waals surface area contributed by atoms with Gasteiger partial charge in [0, 0.05) is 41.8 Å². The molecule has 8 nitrogen and oxygen atoms in total. The van der Waals surface area contributed by atoms with Gasteiger partial charge in [-0.05, 0) is 70.7 Å². The zero-order valence-electron chi connectivity index (χ0n) is 20.5. The van der Waals surface area contributed by atoms with E-state index < -0.39 is 5.67 Å². The standard InChI is InChI=1S/C26H30FN5O3/c1-5-35-25-21(17-7-10-34-11-8-17)14-22(31-32-25)20-13-19(15-29-16(20)2)30-24(33)18-6-9-28-23(12-18)26(3,4)27/h6,9,12-15,17H,5,7-8,10-11H2,1-4H3,(H,30,33). The lowest BCUT2D eigenvalue weighted by molar-refractivity contribution is 0.0844. The summed E-state index contributed by atoms with van der Waals surface area (Å²) in [6, 6.07) is 6.82. The van der Waals surface area contributed by atoms with Crippen molar-refractivity contribution in [1.29, 1.82) is 0 Å². The van der Waals surface area contributed by atoms with Gasteiger partial charge in [0.15, 0.2) is 0 Å². The minimum absolute atomic E-state index is 0.193. The maximum absolute atomic E-state index is 14.3. The second-order valence-electron chi connectivity index (χ2n) is 9.02. The number of halogens is 1. The summed E-state index contributed by atoms with van der Waals surface area (Å²) in [6.45, 7) is 8.51. The van der Waals surface area contributed by atoms with Crippen molar-refractivity contribution in [2.24, 2.45) is 0 Å². The Bertz CT molecular complexity index is 1210. The molecule has 0 atom stereocenters. The average molecular weight is 480 g/mol. The quantitative estimate of drug-likeness (QED) is 0.509. The van der Waals surface area contributed by atoms with E-state index in [0.29, 0.717) is 42.6 Å². The number of amides is 1. The summed E-state index contributed by atoms with van der Waals surface area (Å²) in [5, 5.41) is 11.6. The lowest BCUT2D eigenvalue weighted by atomic mass is 9.91. The van der Waals surface area contributed by atoms with Crippen LogP contribution in [0.2, 0.25) is 0 Å². The first-order valence-corrected chi connectivity index (χ1v) is 11.8. The Hall–Kier alpha value is -3.46. The molecule has 35 heavy (non-hydrogen) atoms. The van der Waals surface area contributed by atoms with Gasteiger partial charge in [-0.1, -0.05) is 0 Å². The van der Waals surface area contributed by atoms with Gasteiger partial charge in [0.1, 0.15) is 5.67 Å². The summed E-state index contributed by atoms with van der Waals surface area (Å²) in [5.74, 6) is 0.439. The molecule has 3 aromatic heterocycles. The van der Waals surface area contributed by atoms with Gasteiger partial charge >= 0.3 is 0 Å². The number of aryl methyl sites for hydroxylation is 1. The van der Waals surface area contributed by atoms with Crippen molar-refractivity contribution in [3.8, 4) is 17.1 Å². The first kappa shape index (κ1) is 24.7. The molecule has 3 aromatic rings. The van der Waals surface area contributed by atoms with Gasteiger partial charge in [0.2, 0.25) is 5.88 Å². The fourth-order valence-corrected chi connectivity index (χ4v) is 4.04. The Morgan fingerprint density at radius 2 is 1.97 bits per heavy atom. The van der Waals surface area contributed by atoms with Crippen LogP contribution in [0.1, 0.15) is 66.8 Å². The normalized spacial score (nSPS) is 14.5. The van der Waals surface area contributed by atoms with Gasteiger partial charge in [-0.15, -0.1) is 10.2 Å². The molecule has 1 saturated heterocycles. The van der Waals surface area contributed by atoms with E-state index in [-0.39, 0.29) is 17.5 Å². The second kappa shape index (κ2) is 10.4. The molecule has 0 aromatic carbocycles. The average Bonchev–Trinajstić information content (AvgIpc) is 2.86. The molecule has 1 fully saturated rings. The molecule has 4 heterocycles. The van der Waals surface area contributed by atoms with Crippen molar-refractivity contribution in [3.05, 3.63) is 59.2 Å². The lowest BCUT2D eigenvalue weighted by Gasteiger charge is -2.24. The first-order valence-electron chi connectivity index (χ1n) is 11.8. The van der Waals surface area contributed by atoms with Crippen molar-refractivity contribution >= 4 is 11.6 Å². The van der Waals surface area contributed by atoms with Crippen molar-refractivity contribution in [2.75, 3.05) is 25.1 Å². The molecule has 0 saturated carbocycles. The summed E-state index contributed by atoms with van der Waals surface area (Å²) >= 11 is 0. The van der Waals surface area contributed by atoms with Crippen molar-refractivity contribution < 1.29 is 18.7 Å². The first-order chi connectivity index (χ1) is 16.8. The van der Waals surface area contributed by atoms with Gasteiger partial charge in [-0.2, -0.15) is 0 Å². The van der Waals surface area contributed by atoms with E-state index in [2.05, 4.69) is 25.5 Å². The zero-order chi connectivity index (χ0) is 25.0. The van der Waals surface area contributed by atoms with Crippen LogP contribution in [-0.2, 0) is 10.4 Å². The van der Waals surface area contributed by atoms with Gasteiger partial charge in [-0.25, -0.2) is 4.39 Å². The van der Waals surface area contributed by atoms with Crippen LogP contribution in [0.3, 0.4) is 0 Å². The van der Waals surface area contributed by atoms with Gasteiger partial charge in [-0.3, -0.25) is 14.8 Å². The number of aromatic nitrogens is 4. The highest BCUT2D eigenvalue weighted by atomic mass is 19.1. The molecule has 4 rings (SSSR count). The molecule has 0 spiro atoms. The molecule has 0 radical (unpaired) electrons. The Morgan fingerprint density at radius 1 is 1.20 bits per heavy atom. The van der Waals surface area contributed by atoms with Gasteiger partial charge in [0.25, 0.3) is 5.91 Å². The molecule has 9 heteroatoms. The number of ether oxygens (including phenoxy) is 2. The number of nitrogens with one attached hydrogen (secondary N) is 1. The predicted molar refractivity (Wildman–Crippen MR) is 130 cm³/mol. The molecule has 1 aliphatic heterocycles. The lowest BCUT2D eigenvalue weighted by Crippen LogP contribution is -2.17. The van der Waals surface area contributed by atoms with E-state index >= 15 is 0 Å². The van der Waals surface area contributed by atoms with Crippen LogP contribution >= 0.6 is 0 Å². The van der Waals surface area contributed by atoms with E-state index in [4.69, 9.17) is 9.47 Å². The highest BCUT2D eigenvalue weighted by Gasteiger charge is 2.24. The number of carbonyl (C=O) groups excluding carboxylic acids is 1. The monoisotopic (exact) mass is 479 g/mol. The Balaban J connectivity index is 1.63. The molecule has 1 amide bonds. The molecular weight excluding hydrogens is 449 g/mol. The zero-order valence-corrected chi connectivity index (χ0v) is 20.5. The van der Waals surface area contributed by atoms with E-state index in [1.165, 1.54) is 26.1 Å². The number of pyridine rings is 2. The van der Waals surface area contributed by atoms with Gasteiger partial charge in [0.05, 0.1) is 29.9 Å². The third kappa shape index (κ3) is 5.79. The number of anilines is 1. The van der Waals surface area contributed by atoms with E-state index in [1.54, 1.807) is 12.3 Å². The van der Waals surface area contributed by atoms with Crippen LogP contribution in [0.15, 0.2) is 36.7 Å². The minimum atomic E-state index is -1.65. The van der Waals surface area contributed by atoms with E-state index in [1.807, 2.05) is 26.0 Å². The maximum atomic E-state index is 14.3. The van der Waals surface area contributed by atoms with Crippen LogP contribution in [0.5, 0.6) is 5.88 Å². The highest BCUT2D eigenvalue weighted by molar-refractivity contribution is 6.04. The summed E-state index contributed by atoms with van der Waals surface area (Å²) < 4.78 is 25.6. The van der Waals surface area contributed by atoms with Crippen LogP contribution in [-0.4, -0.2) is 45.9 Å². The number of rotatable bonds is 7. The topological polar surface area (TPSA) is 99.1 Å². The Kier molecular flexibility index (Phi) is 7.35. The molecule has 1 N–H and O–H groups in total. The van der Waals surface area contributed by atoms with Crippen LogP contribution in [0.4, 0.5) is 10.1 Å². The van der Waals surface area contributed by atoms with Crippen molar-refractivity contribution in [2.45, 2.75) is 52.1 Å². The summed E-state index contributed by atoms with van der Waals surface area (Å²) in [6.07, 6.45) is 4.79. The predicted octanol–water partition coefficient (Wildman–Crippen LogP) is 4.99. The summed E-state index contributed by atoms with van der Waals surface area (Å²) in [4.78, 5) is 21.3. The fourth-order valence-electron chi connectivity index (χ4n) is 4.04. The number of hydrogen-bond donors (Lipinski definition) is 1. The van der Waals surface area contributed by atoms with E-state index in [9.17, 15) is 9.18 Å². The smallest absolute Gasteiger partial charge is 0.255 e. The maximum Gasteiger partial charge on any atom is 0.255 e. The molecule has 0 bridgehead atoms. The molecule has 1 aliphatic rings. The Labute approximate surface area is 204 Å². The molecule has 184 valence electrons. The largest absolute Gasteiger partial charge is 0.477 e. The number of carbonyl (C=O) groups is 1. The number of hydrogen-bond acceptors (Lipinski definition) is 7. The number of alkyl halides is 1. The van der Waals surface area contributed by atoms with E-state index in [0.717, 1.165) is 29.7 Å². The third-order valence-corrected chi connectivity index (χ3v) is 5.98. The number of nitrogens with zero attached hydrogens (tertiary/aromatic N) is 4. The van der Waals surface area contributed by atoms with Crippen LogP contribution in [0.25, 0.3) is 11.3 Å². The SMILES string of the molecule is CCOc1nnc(-c2cc(NC(=O)c3ccnc(C(C)(C)F)c3)cnc2C)cc1C1CCOCC1. The highest BCUT2D eigenvalue weighted by Crippen LogP contribution is 2.35. The van der Waals surface area contributed by atoms with Crippen molar-refractivity contribution in [1.82, 2.24) is 20.2 Å². The van der Waals surface area contributed by atoms with Crippen LogP contribution in [0, 0.1) is 6.92 Å². The minimum Gasteiger partial charge on any atom is -0.477 e. The van der Waals surface area contributed by atoms with Gasteiger partial charge < -0.3 is 14.8 Å². The fraction of sp³-hybridized carbons (Fsp3) is 0.423. The summed E-state index contributed by atoms with van der Waals surface area (Å²) in [5.41, 5.74) is 2.52. The molecule has 0 unspecified atom stereocenters. The van der Waals surface area contributed by atoms with Crippen LogP contribution < -0.4 is 10.1 Å².